The third-order valence-electron chi connectivity index (χ3n) is 4.75. The molecule has 0 aliphatic rings. The van der Waals surface area contributed by atoms with Gasteiger partial charge in [-0.3, -0.25) is 4.68 Å². The maximum atomic E-state index is 13.9. The van der Waals surface area contributed by atoms with Gasteiger partial charge in [-0.25, -0.2) is 18.6 Å². The van der Waals surface area contributed by atoms with Crippen LogP contribution in [0, 0.1) is 18.6 Å². The van der Waals surface area contributed by atoms with Gasteiger partial charge in [0.2, 0.25) is 0 Å². The molecule has 0 aliphatic heterocycles. The minimum Gasteiger partial charge on any atom is -0.489 e. The van der Waals surface area contributed by atoms with E-state index in [1.165, 1.54) is 29.7 Å². The quantitative estimate of drug-likeness (QED) is 0.324. The topological polar surface area (TPSA) is 66.2 Å². The highest BCUT2D eigenvalue weighted by Gasteiger charge is 2.12. The van der Waals surface area contributed by atoms with Crippen molar-refractivity contribution in [3.8, 4) is 17.0 Å². The first-order valence-electron chi connectivity index (χ1n) is 10.2. The van der Waals surface area contributed by atoms with Crippen LogP contribution in [0.1, 0.15) is 33.4 Å². The van der Waals surface area contributed by atoms with Crippen molar-refractivity contribution in [1.82, 2.24) is 14.8 Å². The molecule has 0 saturated heterocycles. The van der Waals surface area contributed by atoms with Crippen molar-refractivity contribution < 1.29 is 23.0 Å². The Balaban J connectivity index is 1.46. The van der Waals surface area contributed by atoms with Crippen molar-refractivity contribution in [2.45, 2.75) is 27.0 Å². The van der Waals surface area contributed by atoms with Crippen LogP contribution in [0.4, 0.5) is 8.78 Å². The van der Waals surface area contributed by atoms with E-state index in [9.17, 15) is 13.6 Å². The highest BCUT2D eigenvalue weighted by atomic mass is 32.1. The first-order valence-corrected chi connectivity index (χ1v) is 11.1. The molecule has 0 amide bonds. The number of hydrogen-bond acceptors (Lipinski definition) is 6. The predicted molar refractivity (Wildman–Crippen MR) is 120 cm³/mol. The van der Waals surface area contributed by atoms with Crippen LogP contribution >= 0.6 is 11.3 Å². The molecule has 0 unspecified atom stereocenters. The van der Waals surface area contributed by atoms with Crippen molar-refractivity contribution in [3.63, 3.8) is 0 Å². The number of halogens is 2. The maximum Gasteiger partial charge on any atom is 0.341 e. The van der Waals surface area contributed by atoms with Crippen LogP contribution in [-0.4, -0.2) is 27.3 Å². The Morgan fingerprint density at radius 2 is 2.03 bits per heavy atom. The zero-order valence-electron chi connectivity index (χ0n) is 18.0. The average Bonchev–Trinajstić information content (AvgIpc) is 3.43. The fraction of sp³-hybridized carbons (Fsp3) is 0.208. The van der Waals surface area contributed by atoms with E-state index in [1.807, 2.05) is 30.5 Å². The fourth-order valence-electron chi connectivity index (χ4n) is 3.20. The maximum absolute atomic E-state index is 13.9. The molecule has 2 heterocycles. The van der Waals surface area contributed by atoms with E-state index in [1.54, 1.807) is 17.8 Å². The first kappa shape index (κ1) is 22.6. The summed E-state index contributed by atoms with van der Waals surface area (Å²) in [5.74, 6) is -1.11. The number of rotatable bonds is 8. The van der Waals surface area contributed by atoms with Gasteiger partial charge in [0.05, 0.1) is 30.6 Å². The zero-order valence-corrected chi connectivity index (χ0v) is 18.9. The van der Waals surface area contributed by atoms with Crippen molar-refractivity contribution in [2.75, 3.05) is 6.61 Å². The van der Waals surface area contributed by atoms with Gasteiger partial charge in [-0.05, 0) is 49.7 Å². The monoisotopic (exact) mass is 469 g/mol. The minimum absolute atomic E-state index is 0.0145. The molecule has 0 radical (unpaired) electrons. The van der Waals surface area contributed by atoms with E-state index < -0.39 is 17.6 Å². The summed E-state index contributed by atoms with van der Waals surface area (Å²) < 4.78 is 39.4. The van der Waals surface area contributed by atoms with E-state index in [0.29, 0.717) is 24.5 Å². The van der Waals surface area contributed by atoms with Crippen LogP contribution < -0.4 is 4.74 Å². The summed E-state index contributed by atoms with van der Waals surface area (Å²) in [6, 6.07) is 9.08. The van der Waals surface area contributed by atoms with E-state index >= 15 is 0 Å². The second-order valence-corrected chi connectivity index (χ2v) is 8.28. The van der Waals surface area contributed by atoms with E-state index in [0.717, 1.165) is 27.9 Å². The number of hydrogen-bond donors (Lipinski definition) is 0. The molecule has 0 bridgehead atoms. The SMILES string of the molecule is CCOC(=O)c1cnn(Cc2nc(-c3cc(C)cc(OCc4ccc(F)cc4F)c3)cs2)c1. The van der Waals surface area contributed by atoms with Crippen molar-refractivity contribution in [3.05, 3.63) is 87.5 Å². The van der Waals surface area contributed by atoms with Gasteiger partial charge in [0.25, 0.3) is 0 Å². The summed E-state index contributed by atoms with van der Waals surface area (Å²) >= 11 is 1.48. The van der Waals surface area contributed by atoms with Crippen LogP contribution in [0.25, 0.3) is 11.3 Å². The van der Waals surface area contributed by atoms with E-state index in [4.69, 9.17) is 9.47 Å². The van der Waals surface area contributed by atoms with Gasteiger partial charge in [-0.15, -0.1) is 11.3 Å². The van der Waals surface area contributed by atoms with Crippen LogP contribution in [0.5, 0.6) is 5.75 Å². The molecule has 33 heavy (non-hydrogen) atoms. The van der Waals surface area contributed by atoms with E-state index in [-0.39, 0.29) is 12.2 Å². The van der Waals surface area contributed by atoms with Crippen molar-refractivity contribution in [1.29, 1.82) is 0 Å². The van der Waals surface area contributed by atoms with Gasteiger partial charge < -0.3 is 9.47 Å². The third-order valence-corrected chi connectivity index (χ3v) is 5.58. The lowest BCUT2D eigenvalue weighted by molar-refractivity contribution is 0.0526. The molecule has 4 aromatic rings. The van der Waals surface area contributed by atoms with Gasteiger partial charge in [0.1, 0.15) is 29.0 Å². The smallest absolute Gasteiger partial charge is 0.341 e. The standard InChI is InChI=1S/C24H21F2N3O3S/c1-3-31-24(30)18-10-27-29(11-18)12-23-28-22(14-33-23)17-6-15(2)7-20(8-17)32-13-16-4-5-19(25)9-21(16)26/h4-11,14H,3,12-13H2,1-2H3. The number of carbonyl (C=O) groups is 1. The molecule has 4 rings (SSSR count). The van der Waals surface area contributed by atoms with Gasteiger partial charge >= 0.3 is 5.97 Å². The van der Waals surface area contributed by atoms with Gasteiger partial charge in [0.15, 0.2) is 0 Å². The Hall–Kier alpha value is -3.59. The number of esters is 1. The molecule has 170 valence electrons. The van der Waals surface area contributed by atoms with Crippen LogP contribution in [0.3, 0.4) is 0 Å². The number of benzene rings is 2. The van der Waals surface area contributed by atoms with Crippen molar-refractivity contribution >= 4 is 17.3 Å². The number of nitrogens with zero attached hydrogens (tertiary/aromatic N) is 3. The molecule has 2 aromatic heterocycles. The highest BCUT2D eigenvalue weighted by molar-refractivity contribution is 7.09. The number of ether oxygens (including phenoxy) is 2. The van der Waals surface area contributed by atoms with Crippen LogP contribution in [0.15, 0.2) is 54.2 Å². The molecular formula is C24H21F2N3O3S. The van der Waals surface area contributed by atoms with Crippen molar-refractivity contribution in [2.24, 2.45) is 0 Å². The lowest BCUT2D eigenvalue weighted by atomic mass is 10.1. The Morgan fingerprint density at radius 1 is 1.18 bits per heavy atom. The third kappa shape index (κ3) is 5.61. The number of thiazole rings is 1. The summed E-state index contributed by atoms with van der Waals surface area (Å²) in [7, 11) is 0. The molecule has 0 saturated carbocycles. The van der Waals surface area contributed by atoms with E-state index in [2.05, 4.69) is 10.1 Å². The molecule has 0 fully saturated rings. The Bertz CT molecular complexity index is 1290. The van der Waals surface area contributed by atoms with Gasteiger partial charge in [-0.2, -0.15) is 5.10 Å². The largest absolute Gasteiger partial charge is 0.489 e. The lowest BCUT2D eigenvalue weighted by Crippen LogP contribution is -2.04. The normalized spacial score (nSPS) is 10.9. The molecule has 9 heteroatoms. The summed E-state index contributed by atoms with van der Waals surface area (Å²) in [6.07, 6.45) is 3.10. The molecule has 2 aromatic carbocycles. The number of carbonyl (C=O) groups excluding carboxylic acids is 1. The number of aromatic nitrogens is 3. The molecular weight excluding hydrogens is 448 g/mol. The Labute approximate surface area is 193 Å². The van der Waals surface area contributed by atoms with Gasteiger partial charge in [-0.1, -0.05) is 0 Å². The summed E-state index contributed by atoms with van der Waals surface area (Å²) in [6.45, 7) is 4.40. The minimum atomic E-state index is -0.642. The molecule has 0 spiro atoms. The molecule has 6 nitrogen and oxygen atoms in total. The molecule has 0 N–H and O–H groups in total. The van der Waals surface area contributed by atoms with Crippen LogP contribution in [-0.2, 0) is 17.9 Å². The number of aryl methyl sites for hydroxylation is 1. The van der Waals surface area contributed by atoms with Crippen LogP contribution in [0.2, 0.25) is 0 Å². The summed E-state index contributed by atoms with van der Waals surface area (Å²) in [5, 5.41) is 6.95. The average molecular weight is 470 g/mol. The highest BCUT2D eigenvalue weighted by Crippen LogP contribution is 2.28. The second-order valence-electron chi connectivity index (χ2n) is 7.33. The summed E-state index contributed by atoms with van der Waals surface area (Å²) in [4.78, 5) is 16.5. The Kier molecular flexibility index (Phi) is 6.79. The van der Waals surface area contributed by atoms with Gasteiger partial charge in [0, 0.05) is 28.8 Å². The predicted octanol–water partition coefficient (Wildman–Crippen LogP) is 5.40. The summed E-state index contributed by atoms with van der Waals surface area (Å²) in [5.41, 5.74) is 3.26. The lowest BCUT2D eigenvalue weighted by Gasteiger charge is -2.10. The zero-order chi connectivity index (χ0) is 23.4. The Morgan fingerprint density at radius 3 is 2.82 bits per heavy atom. The first-order chi connectivity index (χ1) is 15.9. The second kappa shape index (κ2) is 9.91. The molecule has 0 atom stereocenters. The molecule has 0 aliphatic carbocycles. The fourth-order valence-corrected chi connectivity index (χ4v) is 4.00.